The van der Waals surface area contributed by atoms with Crippen LogP contribution in [0.4, 0.5) is 0 Å². The fraction of sp³-hybridized carbons (Fsp3) is 0.222. The topological polar surface area (TPSA) is 38.3 Å². The van der Waals surface area contributed by atoms with E-state index in [9.17, 15) is 4.79 Å². The van der Waals surface area contributed by atoms with E-state index in [-0.39, 0.29) is 5.91 Å². The van der Waals surface area contributed by atoms with Crippen molar-refractivity contribution in [3.63, 3.8) is 0 Å². The molecule has 0 bridgehead atoms. The van der Waals surface area contributed by atoms with E-state index in [1.54, 1.807) is 12.1 Å². The van der Waals surface area contributed by atoms with Gasteiger partial charge in [-0.15, -0.1) is 0 Å². The van der Waals surface area contributed by atoms with Crippen LogP contribution in [0.15, 0.2) is 16.6 Å². The maximum atomic E-state index is 11.6. The molecule has 14 heavy (non-hydrogen) atoms. The Hall–Kier alpha value is -0.740. The molecule has 0 saturated carbocycles. The number of carbonyl (C=O) groups excluding carboxylic acids is 1. The van der Waals surface area contributed by atoms with Gasteiger partial charge in [0, 0.05) is 4.47 Å². The van der Waals surface area contributed by atoms with Gasteiger partial charge in [-0.1, -0.05) is 11.6 Å². The SMILES string of the molecule is O=C1NCCOc2c(Cl)ccc(Br)c21. The highest BCUT2D eigenvalue weighted by molar-refractivity contribution is 9.10. The van der Waals surface area contributed by atoms with Crippen LogP contribution in [0, 0.1) is 0 Å². The van der Waals surface area contributed by atoms with E-state index in [0.717, 1.165) is 0 Å². The minimum atomic E-state index is -0.160. The molecule has 1 N–H and O–H groups in total. The van der Waals surface area contributed by atoms with Crippen molar-refractivity contribution in [2.45, 2.75) is 0 Å². The standard InChI is InChI=1S/C9H7BrClNO2/c10-5-1-2-6(11)8-7(5)9(13)12-3-4-14-8/h1-2H,3-4H2,(H,12,13). The van der Waals surface area contributed by atoms with Gasteiger partial charge >= 0.3 is 0 Å². The molecule has 2 rings (SSSR count). The quantitative estimate of drug-likeness (QED) is 0.789. The molecule has 0 atom stereocenters. The Balaban J connectivity index is 2.62. The number of nitrogens with one attached hydrogen (secondary N) is 1. The molecule has 1 aliphatic heterocycles. The Morgan fingerprint density at radius 3 is 3.07 bits per heavy atom. The van der Waals surface area contributed by atoms with Crippen molar-refractivity contribution in [2.24, 2.45) is 0 Å². The summed E-state index contributed by atoms with van der Waals surface area (Å²) >= 11 is 9.22. The van der Waals surface area contributed by atoms with Crippen LogP contribution in [0.5, 0.6) is 5.75 Å². The van der Waals surface area contributed by atoms with Crippen LogP contribution in [0.25, 0.3) is 0 Å². The van der Waals surface area contributed by atoms with Crippen molar-refractivity contribution < 1.29 is 9.53 Å². The Bertz CT molecular complexity index is 395. The zero-order valence-electron chi connectivity index (χ0n) is 7.14. The second kappa shape index (κ2) is 3.79. The highest BCUT2D eigenvalue weighted by atomic mass is 79.9. The van der Waals surface area contributed by atoms with E-state index in [0.29, 0.717) is 34.0 Å². The second-order valence-corrected chi connectivity index (χ2v) is 4.10. The number of amides is 1. The molecule has 1 aliphatic rings. The molecule has 1 heterocycles. The first-order valence-electron chi connectivity index (χ1n) is 4.09. The molecule has 0 unspecified atom stereocenters. The fourth-order valence-electron chi connectivity index (χ4n) is 1.29. The van der Waals surface area contributed by atoms with Crippen LogP contribution in [0.2, 0.25) is 5.02 Å². The normalized spacial score (nSPS) is 15.1. The van der Waals surface area contributed by atoms with E-state index < -0.39 is 0 Å². The average Bonchev–Trinajstić information content (AvgIpc) is 2.35. The number of ether oxygens (including phenoxy) is 1. The van der Waals surface area contributed by atoms with E-state index in [1.165, 1.54) is 0 Å². The zero-order chi connectivity index (χ0) is 10.1. The van der Waals surface area contributed by atoms with E-state index in [4.69, 9.17) is 16.3 Å². The first-order valence-corrected chi connectivity index (χ1v) is 5.26. The summed E-state index contributed by atoms with van der Waals surface area (Å²) in [5, 5.41) is 3.17. The first-order chi connectivity index (χ1) is 6.70. The molecule has 1 aromatic rings. The number of carbonyl (C=O) groups is 1. The highest BCUT2D eigenvalue weighted by Crippen LogP contribution is 2.34. The maximum absolute atomic E-state index is 11.6. The van der Waals surface area contributed by atoms with Gasteiger partial charge in [-0.25, -0.2) is 0 Å². The molecule has 0 saturated heterocycles. The predicted octanol–water partition coefficient (Wildman–Crippen LogP) is 2.22. The number of benzene rings is 1. The van der Waals surface area contributed by atoms with E-state index in [2.05, 4.69) is 21.2 Å². The Morgan fingerprint density at radius 1 is 1.50 bits per heavy atom. The van der Waals surface area contributed by atoms with Crippen LogP contribution in [0.3, 0.4) is 0 Å². The smallest absolute Gasteiger partial charge is 0.256 e. The van der Waals surface area contributed by atoms with Gasteiger partial charge in [0.1, 0.15) is 6.61 Å². The fourth-order valence-corrected chi connectivity index (χ4v) is 2.00. The molecule has 1 aromatic carbocycles. The number of rotatable bonds is 0. The molecular formula is C9H7BrClNO2. The number of hydrogen-bond donors (Lipinski definition) is 1. The Labute approximate surface area is 94.5 Å². The maximum Gasteiger partial charge on any atom is 0.256 e. The lowest BCUT2D eigenvalue weighted by Gasteiger charge is -2.08. The molecule has 1 amide bonds. The third-order valence-corrected chi connectivity index (χ3v) is 2.88. The number of fused-ring (bicyclic) bond motifs is 1. The van der Waals surface area contributed by atoms with E-state index in [1.807, 2.05) is 0 Å². The molecule has 3 nitrogen and oxygen atoms in total. The second-order valence-electron chi connectivity index (χ2n) is 2.84. The van der Waals surface area contributed by atoms with E-state index >= 15 is 0 Å². The van der Waals surface area contributed by atoms with Crippen molar-refractivity contribution in [3.8, 4) is 5.75 Å². The highest BCUT2D eigenvalue weighted by Gasteiger charge is 2.21. The lowest BCUT2D eigenvalue weighted by Crippen LogP contribution is -2.24. The molecular weight excluding hydrogens is 269 g/mol. The van der Waals surface area contributed by atoms with Crippen LogP contribution >= 0.6 is 27.5 Å². The summed E-state index contributed by atoms with van der Waals surface area (Å²) in [7, 11) is 0. The van der Waals surface area contributed by atoms with Gasteiger partial charge in [-0.2, -0.15) is 0 Å². The summed E-state index contributed by atoms with van der Waals surface area (Å²) in [5.74, 6) is 0.294. The number of halogens is 2. The van der Waals surface area contributed by atoms with Crippen molar-refractivity contribution >= 4 is 33.4 Å². The van der Waals surface area contributed by atoms with Crippen LogP contribution in [-0.4, -0.2) is 19.1 Å². The molecule has 0 aromatic heterocycles. The Morgan fingerprint density at radius 2 is 2.29 bits per heavy atom. The van der Waals surface area contributed by atoms with Crippen molar-refractivity contribution in [2.75, 3.05) is 13.2 Å². The summed E-state index contributed by atoms with van der Waals surface area (Å²) < 4.78 is 6.08. The minimum absolute atomic E-state index is 0.160. The van der Waals surface area contributed by atoms with Gasteiger partial charge in [-0.05, 0) is 28.1 Å². The van der Waals surface area contributed by atoms with Gasteiger partial charge in [0.15, 0.2) is 5.75 Å². The van der Waals surface area contributed by atoms with Crippen molar-refractivity contribution in [3.05, 3.63) is 27.2 Å². The lowest BCUT2D eigenvalue weighted by atomic mass is 10.2. The largest absolute Gasteiger partial charge is 0.489 e. The molecule has 0 radical (unpaired) electrons. The van der Waals surface area contributed by atoms with Gasteiger partial charge < -0.3 is 10.1 Å². The molecule has 0 spiro atoms. The number of hydrogen-bond acceptors (Lipinski definition) is 2. The van der Waals surface area contributed by atoms with Crippen molar-refractivity contribution in [1.29, 1.82) is 0 Å². The summed E-state index contributed by atoms with van der Waals surface area (Å²) in [4.78, 5) is 11.6. The van der Waals surface area contributed by atoms with Gasteiger partial charge in [-0.3, -0.25) is 4.79 Å². The molecule has 0 fully saturated rings. The monoisotopic (exact) mass is 275 g/mol. The third kappa shape index (κ3) is 1.60. The van der Waals surface area contributed by atoms with Crippen LogP contribution < -0.4 is 10.1 Å². The summed E-state index contributed by atoms with van der Waals surface area (Å²) in [5.41, 5.74) is 0.468. The predicted molar refractivity (Wildman–Crippen MR) is 57.0 cm³/mol. The zero-order valence-corrected chi connectivity index (χ0v) is 9.48. The Kier molecular flexibility index (Phi) is 2.65. The summed E-state index contributed by atoms with van der Waals surface area (Å²) in [6, 6.07) is 3.43. The van der Waals surface area contributed by atoms with Crippen molar-refractivity contribution in [1.82, 2.24) is 5.32 Å². The summed E-state index contributed by atoms with van der Waals surface area (Å²) in [6.45, 7) is 0.936. The minimum Gasteiger partial charge on any atom is -0.489 e. The molecule has 74 valence electrons. The average molecular weight is 277 g/mol. The van der Waals surface area contributed by atoms with Crippen LogP contribution in [-0.2, 0) is 0 Å². The lowest BCUT2D eigenvalue weighted by molar-refractivity contribution is 0.0956. The first kappa shape index (κ1) is 9.80. The summed E-state index contributed by atoms with van der Waals surface area (Å²) in [6.07, 6.45) is 0. The van der Waals surface area contributed by atoms with Crippen LogP contribution in [0.1, 0.15) is 10.4 Å². The molecule has 0 aliphatic carbocycles. The third-order valence-electron chi connectivity index (χ3n) is 1.92. The van der Waals surface area contributed by atoms with Gasteiger partial charge in [0.2, 0.25) is 0 Å². The van der Waals surface area contributed by atoms with Gasteiger partial charge in [0.05, 0.1) is 17.1 Å². The molecule has 5 heteroatoms. The van der Waals surface area contributed by atoms with Gasteiger partial charge in [0.25, 0.3) is 5.91 Å².